The van der Waals surface area contributed by atoms with Gasteiger partial charge in [-0.25, -0.2) is 4.79 Å². The SMILES string of the molecule is CCCn1c(=O)c2c(nc(N3CCOCC3)n2C2CS(=O)C2)n(C)c1=O. The lowest BCUT2D eigenvalue weighted by Gasteiger charge is -2.33. The van der Waals surface area contributed by atoms with Crippen LogP contribution in [0, 0.1) is 0 Å². The Bertz CT molecular complexity index is 977. The summed E-state index contributed by atoms with van der Waals surface area (Å²) in [7, 11) is 0.791. The Morgan fingerprint density at radius 3 is 2.54 bits per heavy atom. The fraction of sp³-hybridized carbons (Fsp3) is 0.688. The number of anilines is 1. The van der Waals surface area contributed by atoms with Crippen molar-refractivity contribution in [3.63, 3.8) is 0 Å². The zero-order valence-corrected chi connectivity index (χ0v) is 15.8. The van der Waals surface area contributed by atoms with Crippen LogP contribution in [0.5, 0.6) is 0 Å². The van der Waals surface area contributed by atoms with E-state index in [-0.39, 0.29) is 17.3 Å². The molecule has 2 aliphatic heterocycles. The summed E-state index contributed by atoms with van der Waals surface area (Å²) < 4.78 is 21.8. The molecular weight excluding hydrogens is 358 g/mol. The van der Waals surface area contributed by atoms with Gasteiger partial charge in [0.25, 0.3) is 5.56 Å². The number of imidazole rings is 1. The van der Waals surface area contributed by atoms with E-state index < -0.39 is 10.8 Å². The highest BCUT2D eigenvalue weighted by Crippen LogP contribution is 2.30. The van der Waals surface area contributed by atoms with Crippen molar-refractivity contribution in [1.82, 2.24) is 18.7 Å². The molecule has 0 bridgehead atoms. The van der Waals surface area contributed by atoms with E-state index in [1.54, 1.807) is 7.05 Å². The van der Waals surface area contributed by atoms with Crippen LogP contribution >= 0.6 is 0 Å². The van der Waals surface area contributed by atoms with E-state index in [0.717, 1.165) is 0 Å². The number of morpholine rings is 1. The monoisotopic (exact) mass is 381 g/mol. The standard InChI is InChI=1S/C16H23N5O4S/c1-3-4-20-14(22)12-13(18(2)16(20)23)17-15(19-5-7-25-8-6-19)21(12)11-9-26(24)10-11/h11H,3-10H2,1-2H3. The van der Waals surface area contributed by atoms with Crippen LogP contribution in [-0.2, 0) is 29.1 Å². The molecule has 0 aromatic carbocycles. The topological polar surface area (TPSA) is 91.4 Å². The van der Waals surface area contributed by atoms with Crippen molar-refractivity contribution >= 4 is 27.9 Å². The molecule has 2 aliphatic rings. The Morgan fingerprint density at radius 2 is 1.92 bits per heavy atom. The van der Waals surface area contributed by atoms with Crippen LogP contribution in [0.15, 0.2) is 9.59 Å². The molecule has 9 nitrogen and oxygen atoms in total. The minimum Gasteiger partial charge on any atom is -0.378 e. The summed E-state index contributed by atoms with van der Waals surface area (Å²) in [6, 6.07) is -0.0287. The molecule has 0 unspecified atom stereocenters. The Balaban J connectivity index is 1.99. The predicted molar refractivity (Wildman–Crippen MR) is 99.5 cm³/mol. The van der Waals surface area contributed by atoms with Gasteiger partial charge in [-0.3, -0.25) is 22.7 Å². The van der Waals surface area contributed by atoms with Gasteiger partial charge < -0.3 is 9.64 Å². The molecule has 4 rings (SSSR count). The summed E-state index contributed by atoms with van der Waals surface area (Å²) >= 11 is 0. The van der Waals surface area contributed by atoms with Gasteiger partial charge in [0.2, 0.25) is 5.95 Å². The summed E-state index contributed by atoms with van der Waals surface area (Å²) in [6.45, 7) is 4.85. The van der Waals surface area contributed by atoms with Gasteiger partial charge in [-0.1, -0.05) is 6.92 Å². The third-order valence-corrected chi connectivity index (χ3v) is 6.53. The Morgan fingerprint density at radius 1 is 1.23 bits per heavy atom. The highest BCUT2D eigenvalue weighted by Gasteiger charge is 2.34. The first-order valence-electron chi connectivity index (χ1n) is 8.92. The van der Waals surface area contributed by atoms with Crippen molar-refractivity contribution in [3.05, 3.63) is 20.8 Å². The molecule has 142 valence electrons. The van der Waals surface area contributed by atoms with Gasteiger partial charge in [0, 0.05) is 49.0 Å². The van der Waals surface area contributed by atoms with Crippen LogP contribution in [-0.4, -0.2) is 60.7 Å². The average molecular weight is 381 g/mol. The maximum atomic E-state index is 13.1. The molecule has 2 aromatic heterocycles. The smallest absolute Gasteiger partial charge is 0.332 e. The van der Waals surface area contributed by atoms with Crippen molar-refractivity contribution in [2.75, 3.05) is 42.7 Å². The Hall–Kier alpha value is -1.94. The summed E-state index contributed by atoms with van der Waals surface area (Å²) in [5.74, 6) is 1.70. The second-order valence-electron chi connectivity index (χ2n) is 6.78. The van der Waals surface area contributed by atoms with Crippen LogP contribution in [0.25, 0.3) is 11.2 Å². The zero-order valence-electron chi connectivity index (χ0n) is 15.0. The minimum absolute atomic E-state index is 0.0287. The molecule has 2 saturated heterocycles. The fourth-order valence-corrected chi connectivity index (χ4v) is 4.67. The molecule has 0 saturated carbocycles. The predicted octanol–water partition coefficient (Wildman–Crippen LogP) is -0.553. The van der Waals surface area contributed by atoms with Crippen LogP contribution in [0.4, 0.5) is 5.95 Å². The van der Waals surface area contributed by atoms with E-state index in [1.807, 2.05) is 11.5 Å². The lowest BCUT2D eigenvalue weighted by atomic mass is 10.3. The molecule has 0 amide bonds. The second kappa shape index (κ2) is 6.66. The van der Waals surface area contributed by atoms with Crippen LogP contribution in [0.3, 0.4) is 0 Å². The third-order valence-electron chi connectivity index (χ3n) is 5.02. The summed E-state index contributed by atoms with van der Waals surface area (Å²) in [5, 5.41) is 0. The maximum absolute atomic E-state index is 13.1. The molecule has 2 aromatic rings. The van der Waals surface area contributed by atoms with E-state index in [0.29, 0.717) is 67.9 Å². The molecule has 26 heavy (non-hydrogen) atoms. The van der Waals surface area contributed by atoms with Crippen molar-refractivity contribution in [3.8, 4) is 0 Å². The van der Waals surface area contributed by atoms with Crippen molar-refractivity contribution in [2.45, 2.75) is 25.9 Å². The lowest BCUT2D eigenvalue weighted by molar-refractivity contribution is 0.121. The number of rotatable bonds is 4. The number of fused-ring (bicyclic) bond motifs is 1. The summed E-state index contributed by atoms with van der Waals surface area (Å²) in [6.07, 6.45) is 0.693. The van der Waals surface area contributed by atoms with Crippen LogP contribution < -0.4 is 16.1 Å². The zero-order chi connectivity index (χ0) is 18.4. The van der Waals surface area contributed by atoms with E-state index >= 15 is 0 Å². The van der Waals surface area contributed by atoms with E-state index in [2.05, 4.69) is 9.88 Å². The maximum Gasteiger partial charge on any atom is 0.332 e. The van der Waals surface area contributed by atoms with Gasteiger partial charge in [-0.15, -0.1) is 0 Å². The van der Waals surface area contributed by atoms with Crippen molar-refractivity contribution in [2.24, 2.45) is 7.05 Å². The van der Waals surface area contributed by atoms with Gasteiger partial charge in [-0.05, 0) is 6.42 Å². The molecule has 0 atom stereocenters. The van der Waals surface area contributed by atoms with Crippen LogP contribution in [0.1, 0.15) is 19.4 Å². The van der Waals surface area contributed by atoms with Gasteiger partial charge in [0.15, 0.2) is 11.2 Å². The first-order chi connectivity index (χ1) is 12.5. The van der Waals surface area contributed by atoms with Gasteiger partial charge in [0.1, 0.15) is 0 Å². The van der Waals surface area contributed by atoms with Gasteiger partial charge in [-0.2, -0.15) is 4.98 Å². The van der Waals surface area contributed by atoms with E-state index in [9.17, 15) is 13.8 Å². The number of hydrogen-bond acceptors (Lipinski definition) is 6. The first kappa shape index (κ1) is 17.5. The minimum atomic E-state index is -0.857. The normalized spacial score (nSPS) is 23.4. The Labute approximate surface area is 152 Å². The molecule has 0 radical (unpaired) electrons. The molecule has 2 fully saturated rings. The van der Waals surface area contributed by atoms with Gasteiger partial charge in [0.05, 0.1) is 19.3 Å². The highest BCUT2D eigenvalue weighted by molar-refractivity contribution is 7.86. The van der Waals surface area contributed by atoms with Crippen molar-refractivity contribution < 1.29 is 8.95 Å². The quantitative estimate of drug-likeness (QED) is 0.706. The molecule has 0 N–H and O–H groups in total. The number of aromatic nitrogens is 4. The molecular formula is C16H23N5O4S. The van der Waals surface area contributed by atoms with Crippen molar-refractivity contribution in [1.29, 1.82) is 0 Å². The molecule has 4 heterocycles. The Kier molecular flexibility index (Phi) is 4.47. The van der Waals surface area contributed by atoms with E-state index in [1.165, 1.54) is 9.13 Å². The second-order valence-corrected chi connectivity index (χ2v) is 8.33. The van der Waals surface area contributed by atoms with Gasteiger partial charge >= 0.3 is 5.69 Å². The molecule has 0 aliphatic carbocycles. The average Bonchev–Trinajstić information content (AvgIpc) is 3.02. The number of nitrogens with zero attached hydrogens (tertiary/aromatic N) is 5. The number of hydrogen-bond donors (Lipinski definition) is 0. The molecule has 0 spiro atoms. The molecule has 10 heteroatoms. The number of ether oxygens (including phenoxy) is 1. The fourth-order valence-electron chi connectivity index (χ4n) is 3.61. The first-order valence-corrected chi connectivity index (χ1v) is 10.4. The van der Waals surface area contributed by atoms with Crippen LogP contribution in [0.2, 0.25) is 0 Å². The third kappa shape index (κ3) is 2.62. The summed E-state index contributed by atoms with van der Waals surface area (Å²) in [5.41, 5.74) is 0.171. The summed E-state index contributed by atoms with van der Waals surface area (Å²) in [4.78, 5) is 32.4. The largest absolute Gasteiger partial charge is 0.378 e. The van der Waals surface area contributed by atoms with E-state index in [4.69, 9.17) is 4.74 Å². The number of aryl methyl sites for hydroxylation is 1. The highest BCUT2D eigenvalue weighted by atomic mass is 32.2. The lowest BCUT2D eigenvalue weighted by Crippen LogP contribution is -2.43.